The Bertz CT molecular complexity index is 398. The van der Waals surface area contributed by atoms with Gasteiger partial charge in [0, 0.05) is 6.20 Å². The maximum absolute atomic E-state index is 11.9. The van der Waals surface area contributed by atoms with Gasteiger partial charge in [0.25, 0.3) is 0 Å². The van der Waals surface area contributed by atoms with Crippen molar-refractivity contribution < 1.29 is 22.6 Å². The van der Waals surface area contributed by atoms with E-state index in [1.807, 2.05) is 0 Å². The second kappa shape index (κ2) is 4.04. The molecular formula is C8H5F3N2O2. The minimum atomic E-state index is -4.84. The second-order valence-electron chi connectivity index (χ2n) is 2.38. The minimum Gasteiger partial charge on any atom is -0.491 e. The summed E-state index contributed by atoms with van der Waals surface area (Å²) in [6.45, 7) is 0. The number of aromatic nitrogens is 1. The molecule has 0 saturated carbocycles. The lowest BCUT2D eigenvalue weighted by Crippen LogP contribution is -2.18. The van der Waals surface area contributed by atoms with E-state index in [9.17, 15) is 13.2 Å². The largest absolute Gasteiger partial charge is 0.573 e. The highest BCUT2D eigenvalue weighted by molar-refractivity contribution is 5.50. The molecule has 1 heterocycles. The number of nitriles is 1. The topological polar surface area (TPSA) is 55.1 Å². The molecular weight excluding hydrogens is 213 g/mol. The van der Waals surface area contributed by atoms with Crippen LogP contribution in [0.25, 0.3) is 0 Å². The number of halogens is 3. The Balaban J connectivity index is 3.14. The van der Waals surface area contributed by atoms with E-state index in [1.165, 1.54) is 0 Å². The van der Waals surface area contributed by atoms with E-state index in [0.29, 0.717) is 0 Å². The molecule has 15 heavy (non-hydrogen) atoms. The van der Waals surface area contributed by atoms with Gasteiger partial charge in [-0.15, -0.1) is 13.2 Å². The number of alkyl halides is 3. The van der Waals surface area contributed by atoms with Crippen molar-refractivity contribution in [3.8, 4) is 17.6 Å². The summed E-state index contributed by atoms with van der Waals surface area (Å²) < 4.78 is 44.0. The van der Waals surface area contributed by atoms with Crippen LogP contribution in [0.5, 0.6) is 11.5 Å². The Morgan fingerprint density at radius 3 is 2.53 bits per heavy atom. The molecule has 1 aromatic heterocycles. The Morgan fingerprint density at radius 2 is 2.07 bits per heavy atom. The predicted octanol–water partition coefficient (Wildman–Crippen LogP) is 1.86. The van der Waals surface area contributed by atoms with Crippen LogP contribution in [-0.4, -0.2) is 18.5 Å². The van der Waals surface area contributed by atoms with Crippen molar-refractivity contribution in [2.24, 2.45) is 0 Å². The maximum atomic E-state index is 11.9. The minimum absolute atomic E-state index is 0.126. The van der Waals surface area contributed by atoms with Crippen LogP contribution in [0.1, 0.15) is 5.56 Å². The van der Waals surface area contributed by atoms with Crippen LogP contribution in [0, 0.1) is 11.3 Å². The zero-order valence-corrected chi connectivity index (χ0v) is 7.50. The highest BCUT2D eigenvalue weighted by atomic mass is 19.4. The van der Waals surface area contributed by atoms with Crippen LogP contribution in [0.3, 0.4) is 0 Å². The molecule has 4 nitrogen and oxygen atoms in total. The van der Waals surface area contributed by atoms with Crippen LogP contribution in [0.15, 0.2) is 12.4 Å². The van der Waals surface area contributed by atoms with Crippen molar-refractivity contribution in [3.05, 3.63) is 18.0 Å². The van der Waals surface area contributed by atoms with Crippen LogP contribution < -0.4 is 9.47 Å². The van der Waals surface area contributed by atoms with E-state index in [4.69, 9.17) is 5.26 Å². The van der Waals surface area contributed by atoms with Gasteiger partial charge in [0.1, 0.15) is 11.6 Å². The normalized spacial score (nSPS) is 10.6. The van der Waals surface area contributed by atoms with Gasteiger partial charge in [-0.3, -0.25) is 4.98 Å². The summed E-state index contributed by atoms with van der Waals surface area (Å²) in [5, 5.41) is 8.57. The third kappa shape index (κ3) is 2.74. The summed E-state index contributed by atoms with van der Waals surface area (Å²) >= 11 is 0. The molecule has 1 aromatic rings. The lowest BCUT2D eigenvalue weighted by atomic mass is 10.3. The molecule has 0 aromatic carbocycles. The SMILES string of the molecule is COc1c(C#N)cncc1OC(F)(F)F. The van der Waals surface area contributed by atoms with Crippen molar-refractivity contribution >= 4 is 0 Å². The number of ether oxygens (including phenoxy) is 2. The molecule has 80 valence electrons. The quantitative estimate of drug-likeness (QED) is 0.760. The van der Waals surface area contributed by atoms with Gasteiger partial charge in [-0.1, -0.05) is 0 Å². The molecule has 0 N–H and O–H groups in total. The van der Waals surface area contributed by atoms with Crippen molar-refractivity contribution in [2.45, 2.75) is 6.36 Å². The van der Waals surface area contributed by atoms with E-state index in [-0.39, 0.29) is 11.3 Å². The van der Waals surface area contributed by atoms with Gasteiger partial charge in [0.05, 0.1) is 13.3 Å². The molecule has 0 spiro atoms. The van der Waals surface area contributed by atoms with Crippen LogP contribution in [-0.2, 0) is 0 Å². The number of methoxy groups -OCH3 is 1. The third-order valence-corrected chi connectivity index (χ3v) is 1.41. The molecule has 0 aliphatic rings. The second-order valence-corrected chi connectivity index (χ2v) is 2.38. The van der Waals surface area contributed by atoms with E-state index < -0.39 is 12.1 Å². The van der Waals surface area contributed by atoms with Crippen molar-refractivity contribution in [1.82, 2.24) is 4.98 Å². The van der Waals surface area contributed by atoms with Gasteiger partial charge in [0.15, 0.2) is 11.5 Å². The summed E-state index contributed by atoms with van der Waals surface area (Å²) in [7, 11) is 1.14. The molecule has 0 saturated heterocycles. The molecule has 0 amide bonds. The van der Waals surface area contributed by atoms with Gasteiger partial charge in [-0.25, -0.2) is 0 Å². The molecule has 0 fully saturated rings. The Morgan fingerprint density at radius 1 is 1.40 bits per heavy atom. The standard InChI is InChI=1S/C8H5F3N2O2/c1-14-7-5(2-12)3-13-4-6(7)15-8(9,10)11/h3-4H,1H3. The molecule has 1 rings (SSSR count). The smallest absolute Gasteiger partial charge is 0.491 e. The average molecular weight is 218 g/mol. The highest BCUT2D eigenvalue weighted by Crippen LogP contribution is 2.33. The first-order valence-corrected chi connectivity index (χ1v) is 3.65. The van der Waals surface area contributed by atoms with E-state index in [2.05, 4.69) is 14.5 Å². The molecule has 0 aliphatic carbocycles. The van der Waals surface area contributed by atoms with Crippen LogP contribution in [0.2, 0.25) is 0 Å². The average Bonchev–Trinajstić information content (AvgIpc) is 2.15. The first kappa shape index (κ1) is 11.1. The maximum Gasteiger partial charge on any atom is 0.573 e. The van der Waals surface area contributed by atoms with Gasteiger partial charge in [-0.2, -0.15) is 5.26 Å². The Hall–Kier alpha value is -1.97. The van der Waals surface area contributed by atoms with Gasteiger partial charge >= 0.3 is 6.36 Å². The third-order valence-electron chi connectivity index (χ3n) is 1.41. The fourth-order valence-corrected chi connectivity index (χ4v) is 0.917. The number of hydrogen-bond acceptors (Lipinski definition) is 4. The van der Waals surface area contributed by atoms with Crippen molar-refractivity contribution in [1.29, 1.82) is 5.26 Å². The fraction of sp³-hybridized carbons (Fsp3) is 0.250. The van der Waals surface area contributed by atoms with Crippen molar-refractivity contribution in [3.63, 3.8) is 0 Å². The summed E-state index contributed by atoms with van der Waals surface area (Å²) in [5.74, 6) is -0.922. The molecule has 7 heteroatoms. The van der Waals surface area contributed by atoms with Gasteiger partial charge in [0.2, 0.25) is 0 Å². The van der Waals surface area contributed by atoms with E-state index in [1.54, 1.807) is 6.07 Å². The first-order valence-electron chi connectivity index (χ1n) is 3.65. The summed E-state index contributed by atoms with van der Waals surface area (Å²) in [4.78, 5) is 3.42. The number of pyridine rings is 1. The molecule has 0 radical (unpaired) electrons. The van der Waals surface area contributed by atoms with Crippen LogP contribution >= 0.6 is 0 Å². The Kier molecular flexibility index (Phi) is 2.99. The first-order chi connectivity index (χ1) is 6.98. The lowest BCUT2D eigenvalue weighted by molar-refractivity contribution is -0.275. The predicted molar refractivity (Wildman–Crippen MR) is 42.2 cm³/mol. The van der Waals surface area contributed by atoms with E-state index in [0.717, 1.165) is 19.5 Å². The summed E-state index contributed by atoms with van der Waals surface area (Å²) in [6.07, 6.45) is -2.93. The zero-order valence-electron chi connectivity index (χ0n) is 7.50. The number of hydrogen-bond donors (Lipinski definition) is 0. The summed E-state index contributed by atoms with van der Waals surface area (Å²) in [5.41, 5.74) is -0.126. The molecule has 0 unspecified atom stereocenters. The molecule has 0 bridgehead atoms. The fourth-order valence-electron chi connectivity index (χ4n) is 0.917. The molecule has 0 aliphatic heterocycles. The highest BCUT2D eigenvalue weighted by Gasteiger charge is 2.33. The monoisotopic (exact) mass is 218 g/mol. The molecule has 0 atom stereocenters. The summed E-state index contributed by atoms with van der Waals surface area (Å²) in [6, 6.07) is 1.64. The Labute approximate surface area is 82.9 Å². The van der Waals surface area contributed by atoms with E-state index >= 15 is 0 Å². The lowest BCUT2D eigenvalue weighted by Gasteiger charge is -2.12. The zero-order chi connectivity index (χ0) is 11.5. The van der Waals surface area contributed by atoms with Gasteiger partial charge in [-0.05, 0) is 0 Å². The number of rotatable bonds is 2. The van der Waals surface area contributed by atoms with Crippen LogP contribution in [0.4, 0.5) is 13.2 Å². The van der Waals surface area contributed by atoms with Crippen molar-refractivity contribution in [2.75, 3.05) is 7.11 Å². The van der Waals surface area contributed by atoms with Gasteiger partial charge < -0.3 is 9.47 Å². The number of nitrogens with zero attached hydrogens (tertiary/aromatic N) is 2.